The van der Waals surface area contributed by atoms with E-state index >= 15 is 0 Å². The van der Waals surface area contributed by atoms with Crippen LogP contribution in [0.5, 0.6) is 0 Å². The van der Waals surface area contributed by atoms with Gasteiger partial charge in [0.15, 0.2) is 0 Å². The van der Waals surface area contributed by atoms with Crippen molar-refractivity contribution in [1.29, 1.82) is 0 Å². The van der Waals surface area contributed by atoms with Gasteiger partial charge in [0.05, 0.1) is 0 Å². The van der Waals surface area contributed by atoms with Gasteiger partial charge in [-0.1, -0.05) is 18.2 Å². The maximum absolute atomic E-state index is 10.8. The second-order valence-electron chi connectivity index (χ2n) is 5.86. The minimum atomic E-state index is -0.900. The molecule has 2 aliphatic heterocycles. The Kier molecular flexibility index (Phi) is 4.25. The second-order valence-corrected chi connectivity index (χ2v) is 5.86. The molecule has 0 aliphatic carbocycles. The standard InChI is InChI=1S/C17H22N2O2/c20-17(21)9-8-14-5-1-2-7-16(14)19-12-4-11-18-10-3-6-15(18)13-19/h1-2,5,7-9,15H,3-4,6,10-13H2,(H,20,21). The molecule has 0 aromatic heterocycles. The van der Waals surface area contributed by atoms with Gasteiger partial charge < -0.3 is 10.0 Å². The molecule has 1 unspecified atom stereocenters. The summed E-state index contributed by atoms with van der Waals surface area (Å²) < 4.78 is 0. The lowest BCUT2D eigenvalue weighted by atomic mass is 10.1. The van der Waals surface area contributed by atoms with Gasteiger partial charge in [-0.15, -0.1) is 0 Å². The molecule has 112 valence electrons. The van der Waals surface area contributed by atoms with Crippen molar-refractivity contribution in [3.63, 3.8) is 0 Å². The lowest BCUT2D eigenvalue weighted by molar-refractivity contribution is -0.131. The predicted octanol–water partition coefficient (Wildman–Crippen LogP) is 2.46. The number of carboxylic acid groups (broad SMARTS) is 1. The fourth-order valence-electron chi connectivity index (χ4n) is 3.50. The third-order valence-corrected chi connectivity index (χ3v) is 4.49. The molecule has 0 amide bonds. The lowest BCUT2D eigenvalue weighted by Gasteiger charge is -2.28. The summed E-state index contributed by atoms with van der Waals surface area (Å²) in [5.74, 6) is -0.900. The normalized spacial score (nSPS) is 23.2. The Morgan fingerprint density at radius 3 is 2.86 bits per heavy atom. The first-order valence-electron chi connectivity index (χ1n) is 7.73. The van der Waals surface area contributed by atoms with Crippen LogP contribution in [0.3, 0.4) is 0 Å². The number of anilines is 1. The van der Waals surface area contributed by atoms with Crippen molar-refractivity contribution in [2.24, 2.45) is 0 Å². The summed E-state index contributed by atoms with van der Waals surface area (Å²) in [6.45, 7) is 4.52. The third-order valence-electron chi connectivity index (χ3n) is 4.49. The molecule has 2 aliphatic rings. The Morgan fingerprint density at radius 2 is 2.00 bits per heavy atom. The van der Waals surface area contributed by atoms with Gasteiger partial charge in [-0.25, -0.2) is 4.79 Å². The molecule has 0 bridgehead atoms. The fraction of sp³-hybridized carbons (Fsp3) is 0.471. The molecule has 21 heavy (non-hydrogen) atoms. The summed E-state index contributed by atoms with van der Waals surface area (Å²) in [5, 5.41) is 8.84. The number of carbonyl (C=O) groups is 1. The number of carboxylic acids is 1. The number of rotatable bonds is 3. The zero-order chi connectivity index (χ0) is 14.7. The van der Waals surface area contributed by atoms with Crippen LogP contribution in [0.25, 0.3) is 6.08 Å². The van der Waals surface area contributed by atoms with Crippen molar-refractivity contribution in [3.8, 4) is 0 Å². The number of hydrogen-bond donors (Lipinski definition) is 1. The van der Waals surface area contributed by atoms with Crippen LogP contribution in [-0.4, -0.2) is 48.2 Å². The molecule has 1 aromatic carbocycles. The summed E-state index contributed by atoms with van der Waals surface area (Å²) in [5.41, 5.74) is 2.15. The molecule has 3 rings (SSSR count). The maximum atomic E-state index is 10.8. The highest BCUT2D eigenvalue weighted by Crippen LogP contribution is 2.27. The predicted molar refractivity (Wildman–Crippen MR) is 84.5 cm³/mol. The van der Waals surface area contributed by atoms with Crippen molar-refractivity contribution in [2.75, 3.05) is 31.1 Å². The number of benzene rings is 1. The number of nitrogens with zero attached hydrogens (tertiary/aromatic N) is 2. The molecular formula is C17H22N2O2. The highest BCUT2D eigenvalue weighted by Gasteiger charge is 2.29. The quantitative estimate of drug-likeness (QED) is 0.867. The Bertz CT molecular complexity index is 541. The minimum Gasteiger partial charge on any atom is -0.478 e. The number of fused-ring (bicyclic) bond motifs is 1. The van der Waals surface area contributed by atoms with Crippen LogP contribution in [0, 0.1) is 0 Å². The van der Waals surface area contributed by atoms with Crippen LogP contribution in [-0.2, 0) is 4.79 Å². The van der Waals surface area contributed by atoms with Crippen molar-refractivity contribution >= 4 is 17.7 Å². The summed E-state index contributed by atoms with van der Waals surface area (Å²) in [7, 11) is 0. The van der Waals surface area contributed by atoms with Gasteiger partial charge in [0.1, 0.15) is 0 Å². The molecule has 1 N–H and O–H groups in total. The summed E-state index contributed by atoms with van der Waals surface area (Å²) >= 11 is 0. The SMILES string of the molecule is O=C(O)C=Cc1ccccc1N1CCCN2CCCC2C1. The van der Waals surface area contributed by atoms with E-state index in [4.69, 9.17) is 5.11 Å². The first-order chi connectivity index (χ1) is 10.2. The zero-order valence-electron chi connectivity index (χ0n) is 12.2. The van der Waals surface area contributed by atoms with Crippen molar-refractivity contribution in [2.45, 2.75) is 25.3 Å². The maximum Gasteiger partial charge on any atom is 0.328 e. The number of para-hydroxylation sites is 1. The van der Waals surface area contributed by atoms with E-state index in [-0.39, 0.29) is 0 Å². The molecule has 4 nitrogen and oxygen atoms in total. The molecule has 0 radical (unpaired) electrons. The first-order valence-corrected chi connectivity index (χ1v) is 7.73. The Hall–Kier alpha value is -1.81. The molecule has 2 saturated heterocycles. The second kappa shape index (κ2) is 6.31. The third kappa shape index (κ3) is 3.27. The van der Waals surface area contributed by atoms with E-state index in [9.17, 15) is 4.79 Å². The highest BCUT2D eigenvalue weighted by molar-refractivity contribution is 5.87. The van der Waals surface area contributed by atoms with E-state index in [2.05, 4.69) is 15.9 Å². The molecule has 0 saturated carbocycles. The Balaban J connectivity index is 1.83. The van der Waals surface area contributed by atoms with Gasteiger partial charge in [0, 0.05) is 37.4 Å². The zero-order valence-corrected chi connectivity index (χ0v) is 12.2. The van der Waals surface area contributed by atoms with Crippen molar-refractivity contribution < 1.29 is 9.90 Å². The molecule has 4 heteroatoms. The summed E-state index contributed by atoms with van der Waals surface area (Å²) in [6.07, 6.45) is 6.68. The molecule has 1 atom stereocenters. The lowest BCUT2D eigenvalue weighted by Crippen LogP contribution is -2.36. The van der Waals surface area contributed by atoms with Crippen LogP contribution in [0.4, 0.5) is 5.69 Å². The average Bonchev–Trinajstić information content (AvgIpc) is 2.82. The largest absolute Gasteiger partial charge is 0.478 e. The van der Waals surface area contributed by atoms with Gasteiger partial charge in [0.2, 0.25) is 0 Å². The van der Waals surface area contributed by atoms with Crippen LogP contribution in [0.2, 0.25) is 0 Å². The van der Waals surface area contributed by atoms with Crippen LogP contribution in [0.15, 0.2) is 30.3 Å². The van der Waals surface area contributed by atoms with Gasteiger partial charge in [-0.05, 0) is 43.5 Å². The van der Waals surface area contributed by atoms with Crippen LogP contribution < -0.4 is 4.90 Å². The summed E-state index contributed by atoms with van der Waals surface area (Å²) in [6, 6.07) is 8.75. The molecular weight excluding hydrogens is 264 g/mol. The van der Waals surface area contributed by atoms with Gasteiger partial charge in [-0.2, -0.15) is 0 Å². The van der Waals surface area contributed by atoms with Crippen molar-refractivity contribution in [1.82, 2.24) is 4.90 Å². The first kappa shape index (κ1) is 14.1. The topological polar surface area (TPSA) is 43.8 Å². The average molecular weight is 286 g/mol. The van der Waals surface area contributed by atoms with Gasteiger partial charge in [0.25, 0.3) is 0 Å². The van der Waals surface area contributed by atoms with E-state index < -0.39 is 5.97 Å². The van der Waals surface area contributed by atoms with Gasteiger partial charge >= 0.3 is 5.97 Å². The molecule has 2 heterocycles. The van der Waals surface area contributed by atoms with E-state index in [1.807, 2.05) is 18.2 Å². The Morgan fingerprint density at radius 1 is 1.19 bits per heavy atom. The van der Waals surface area contributed by atoms with Gasteiger partial charge in [-0.3, -0.25) is 4.90 Å². The van der Waals surface area contributed by atoms with E-state index in [1.165, 1.54) is 38.4 Å². The number of aliphatic carboxylic acids is 1. The Labute approximate surface area is 125 Å². The summed E-state index contributed by atoms with van der Waals surface area (Å²) in [4.78, 5) is 15.8. The van der Waals surface area contributed by atoms with Crippen molar-refractivity contribution in [3.05, 3.63) is 35.9 Å². The van der Waals surface area contributed by atoms with Crippen LogP contribution >= 0.6 is 0 Å². The fourth-order valence-corrected chi connectivity index (χ4v) is 3.50. The van der Waals surface area contributed by atoms with E-state index in [0.29, 0.717) is 6.04 Å². The number of hydrogen-bond acceptors (Lipinski definition) is 3. The smallest absolute Gasteiger partial charge is 0.328 e. The van der Waals surface area contributed by atoms with Crippen LogP contribution in [0.1, 0.15) is 24.8 Å². The molecule has 1 aromatic rings. The monoisotopic (exact) mass is 286 g/mol. The van der Waals surface area contributed by atoms with E-state index in [0.717, 1.165) is 24.3 Å². The molecule has 2 fully saturated rings. The molecule has 0 spiro atoms. The minimum absolute atomic E-state index is 0.656. The highest BCUT2D eigenvalue weighted by atomic mass is 16.4. The van der Waals surface area contributed by atoms with E-state index in [1.54, 1.807) is 6.08 Å².